The van der Waals surface area contributed by atoms with Gasteiger partial charge in [-0.05, 0) is 47.9 Å². The van der Waals surface area contributed by atoms with Crippen molar-refractivity contribution < 1.29 is 5.11 Å². The van der Waals surface area contributed by atoms with Crippen LogP contribution in [0.25, 0.3) is 21.8 Å². The fraction of sp³-hybridized carbons (Fsp3) is 0.143. The van der Waals surface area contributed by atoms with Gasteiger partial charge in [0.25, 0.3) is 0 Å². The van der Waals surface area contributed by atoms with Crippen LogP contribution < -0.4 is 0 Å². The number of para-hydroxylation sites is 1. The number of nitrogens with zero attached hydrogens (tertiary/aromatic N) is 1. The second-order valence-corrected chi connectivity index (χ2v) is 7.11. The number of rotatable bonds is 3. The number of benzene rings is 3. The smallest absolute Gasteiger partial charge is 0.0682 e. The van der Waals surface area contributed by atoms with E-state index in [1.165, 1.54) is 32.9 Å². The molecule has 24 heavy (non-hydrogen) atoms. The van der Waals surface area contributed by atoms with Crippen molar-refractivity contribution in [3.63, 3.8) is 0 Å². The van der Waals surface area contributed by atoms with Crippen LogP contribution in [0, 0.1) is 6.92 Å². The van der Waals surface area contributed by atoms with Gasteiger partial charge in [0.1, 0.15) is 0 Å². The molecule has 0 saturated heterocycles. The topological polar surface area (TPSA) is 25.2 Å². The molecule has 1 N–H and O–H groups in total. The molecule has 4 aromatic rings. The summed E-state index contributed by atoms with van der Waals surface area (Å²) in [7, 11) is 0. The van der Waals surface area contributed by atoms with Crippen molar-refractivity contribution in [3.05, 3.63) is 81.8 Å². The van der Waals surface area contributed by atoms with Gasteiger partial charge in [0.05, 0.1) is 12.1 Å². The quantitative estimate of drug-likeness (QED) is 0.505. The zero-order valence-corrected chi connectivity index (χ0v) is 15.0. The number of aryl methyl sites for hydroxylation is 1. The number of halogens is 1. The van der Waals surface area contributed by atoms with Crippen LogP contribution in [-0.4, -0.2) is 9.67 Å². The van der Waals surface area contributed by atoms with E-state index in [2.05, 4.69) is 82.0 Å². The van der Waals surface area contributed by atoms with Gasteiger partial charge in [-0.1, -0.05) is 52.3 Å². The van der Waals surface area contributed by atoms with Gasteiger partial charge in [-0.25, -0.2) is 0 Å². The monoisotopic (exact) mass is 379 g/mol. The number of hydrogen-bond acceptors (Lipinski definition) is 1. The highest BCUT2D eigenvalue weighted by atomic mass is 79.9. The number of aromatic nitrogens is 1. The summed E-state index contributed by atoms with van der Waals surface area (Å²) in [5.74, 6) is 0. The molecule has 0 radical (unpaired) electrons. The first-order chi connectivity index (χ1) is 11.7. The van der Waals surface area contributed by atoms with E-state index in [0.717, 1.165) is 16.6 Å². The van der Waals surface area contributed by atoms with E-state index in [1.807, 2.05) is 6.07 Å². The molecule has 3 aromatic carbocycles. The first kappa shape index (κ1) is 15.4. The predicted octanol–water partition coefficient (Wildman–Crippen LogP) is 5.41. The molecule has 120 valence electrons. The lowest BCUT2D eigenvalue weighted by atomic mass is 10.1. The molecule has 0 aliphatic rings. The number of hydrogen-bond donors (Lipinski definition) is 1. The second kappa shape index (κ2) is 6.08. The molecular formula is C21H18BrNO. The Labute approximate surface area is 149 Å². The Kier molecular flexibility index (Phi) is 3.91. The molecule has 0 fully saturated rings. The standard InChI is InChI=1S/C21H18BrNO/c1-14-3-2-4-18-19-11-16(13-24)7-10-20(19)23(21(14)18)12-15-5-8-17(22)9-6-15/h2-11,24H,12-13H2,1H3. The molecule has 2 nitrogen and oxygen atoms in total. The lowest BCUT2D eigenvalue weighted by molar-refractivity contribution is 0.282. The van der Waals surface area contributed by atoms with E-state index in [1.54, 1.807) is 0 Å². The summed E-state index contributed by atoms with van der Waals surface area (Å²) in [5.41, 5.74) is 5.97. The molecule has 0 aliphatic heterocycles. The maximum absolute atomic E-state index is 9.48. The minimum atomic E-state index is 0.0706. The van der Waals surface area contributed by atoms with E-state index in [-0.39, 0.29) is 6.61 Å². The van der Waals surface area contributed by atoms with Crippen molar-refractivity contribution in [1.29, 1.82) is 0 Å². The van der Waals surface area contributed by atoms with Crippen LogP contribution in [0.2, 0.25) is 0 Å². The van der Waals surface area contributed by atoms with Crippen LogP contribution in [0.15, 0.2) is 65.1 Å². The third-order valence-electron chi connectivity index (χ3n) is 4.59. The van der Waals surface area contributed by atoms with E-state index in [9.17, 15) is 5.11 Å². The van der Waals surface area contributed by atoms with Crippen LogP contribution in [0.1, 0.15) is 16.7 Å². The van der Waals surface area contributed by atoms with Crippen molar-refractivity contribution >= 4 is 37.7 Å². The van der Waals surface area contributed by atoms with Crippen molar-refractivity contribution in [3.8, 4) is 0 Å². The largest absolute Gasteiger partial charge is 0.392 e. The molecule has 0 bridgehead atoms. The normalized spacial score (nSPS) is 11.5. The van der Waals surface area contributed by atoms with Crippen molar-refractivity contribution in [2.24, 2.45) is 0 Å². The van der Waals surface area contributed by atoms with E-state index >= 15 is 0 Å². The van der Waals surface area contributed by atoms with Gasteiger partial charge in [-0.15, -0.1) is 0 Å². The van der Waals surface area contributed by atoms with Crippen molar-refractivity contribution in [1.82, 2.24) is 4.57 Å². The van der Waals surface area contributed by atoms with Gasteiger partial charge in [0.2, 0.25) is 0 Å². The van der Waals surface area contributed by atoms with E-state index in [4.69, 9.17) is 0 Å². The van der Waals surface area contributed by atoms with Crippen LogP contribution >= 0.6 is 15.9 Å². The zero-order valence-electron chi connectivity index (χ0n) is 13.5. The molecular weight excluding hydrogens is 362 g/mol. The first-order valence-electron chi connectivity index (χ1n) is 8.03. The minimum absolute atomic E-state index is 0.0706. The molecule has 0 aliphatic carbocycles. The molecule has 3 heteroatoms. The van der Waals surface area contributed by atoms with Crippen molar-refractivity contribution in [2.75, 3.05) is 0 Å². The summed E-state index contributed by atoms with van der Waals surface area (Å²) in [4.78, 5) is 0. The summed E-state index contributed by atoms with van der Waals surface area (Å²) in [5, 5.41) is 11.9. The highest BCUT2D eigenvalue weighted by Gasteiger charge is 2.13. The number of aliphatic hydroxyl groups is 1. The molecule has 0 spiro atoms. The van der Waals surface area contributed by atoms with Gasteiger partial charge in [-0.3, -0.25) is 0 Å². The lowest BCUT2D eigenvalue weighted by Crippen LogP contribution is -2.00. The lowest BCUT2D eigenvalue weighted by Gasteiger charge is -2.10. The fourth-order valence-corrected chi connectivity index (χ4v) is 3.69. The van der Waals surface area contributed by atoms with Gasteiger partial charge in [0.15, 0.2) is 0 Å². The second-order valence-electron chi connectivity index (χ2n) is 6.19. The Balaban J connectivity index is 1.99. The van der Waals surface area contributed by atoms with Crippen molar-refractivity contribution in [2.45, 2.75) is 20.1 Å². The molecule has 0 atom stereocenters. The Morgan fingerprint density at radius 1 is 0.917 bits per heavy atom. The van der Waals surface area contributed by atoms with Crippen LogP contribution in [0.5, 0.6) is 0 Å². The van der Waals surface area contributed by atoms with Gasteiger partial charge < -0.3 is 9.67 Å². The molecule has 4 rings (SSSR count). The number of aliphatic hydroxyl groups excluding tert-OH is 1. The maximum Gasteiger partial charge on any atom is 0.0682 e. The highest BCUT2D eigenvalue weighted by molar-refractivity contribution is 9.10. The van der Waals surface area contributed by atoms with Crippen LogP contribution in [-0.2, 0) is 13.2 Å². The SMILES string of the molecule is Cc1cccc2c3cc(CO)ccc3n(Cc3ccc(Br)cc3)c12. The Bertz CT molecular complexity index is 1030. The minimum Gasteiger partial charge on any atom is -0.392 e. The molecule has 1 heterocycles. The fourth-order valence-electron chi connectivity index (χ4n) is 3.42. The summed E-state index contributed by atoms with van der Waals surface area (Å²) in [6.07, 6.45) is 0. The zero-order chi connectivity index (χ0) is 16.7. The Morgan fingerprint density at radius 3 is 2.42 bits per heavy atom. The average molecular weight is 380 g/mol. The summed E-state index contributed by atoms with van der Waals surface area (Å²) in [6.45, 7) is 3.06. The third-order valence-corrected chi connectivity index (χ3v) is 5.11. The molecule has 0 unspecified atom stereocenters. The molecule has 0 saturated carbocycles. The maximum atomic E-state index is 9.48. The molecule has 0 amide bonds. The Morgan fingerprint density at radius 2 is 1.67 bits per heavy atom. The van der Waals surface area contributed by atoms with Crippen LogP contribution in [0.4, 0.5) is 0 Å². The first-order valence-corrected chi connectivity index (χ1v) is 8.82. The third kappa shape index (κ3) is 2.54. The number of fused-ring (bicyclic) bond motifs is 3. The molecule has 1 aromatic heterocycles. The van der Waals surface area contributed by atoms with E-state index in [0.29, 0.717) is 0 Å². The predicted molar refractivity (Wildman–Crippen MR) is 103 cm³/mol. The Hall–Kier alpha value is -2.10. The summed E-state index contributed by atoms with van der Waals surface area (Å²) < 4.78 is 3.47. The van der Waals surface area contributed by atoms with Gasteiger partial charge in [0, 0.05) is 27.3 Å². The summed E-state index contributed by atoms with van der Waals surface area (Å²) >= 11 is 3.50. The van der Waals surface area contributed by atoms with Gasteiger partial charge in [-0.2, -0.15) is 0 Å². The summed E-state index contributed by atoms with van der Waals surface area (Å²) in [6, 6.07) is 21.1. The van der Waals surface area contributed by atoms with Gasteiger partial charge >= 0.3 is 0 Å². The van der Waals surface area contributed by atoms with Crippen LogP contribution in [0.3, 0.4) is 0 Å². The average Bonchev–Trinajstić information content (AvgIpc) is 2.91. The highest BCUT2D eigenvalue weighted by Crippen LogP contribution is 2.32. The van der Waals surface area contributed by atoms with E-state index < -0.39 is 0 Å².